The predicted molar refractivity (Wildman–Crippen MR) is 143 cm³/mol. The van der Waals surface area contributed by atoms with Crippen LogP contribution in [0.2, 0.25) is 0 Å². The lowest BCUT2D eigenvalue weighted by Gasteiger charge is -2.21. The molecule has 1 unspecified atom stereocenters. The molecule has 1 aliphatic rings. The van der Waals surface area contributed by atoms with E-state index in [-0.39, 0.29) is 6.61 Å². The Morgan fingerprint density at radius 2 is 1.84 bits per heavy atom. The summed E-state index contributed by atoms with van der Waals surface area (Å²) in [6, 6.07) is 21.8. The van der Waals surface area contributed by atoms with Crippen molar-refractivity contribution in [1.29, 1.82) is 0 Å². The third-order valence-corrected chi connectivity index (χ3v) is 6.95. The van der Waals surface area contributed by atoms with Gasteiger partial charge in [0.1, 0.15) is 44.1 Å². The van der Waals surface area contributed by atoms with Crippen molar-refractivity contribution in [3.8, 4) is 28.2 Å². The quantitative estimate of drug-likeness (QED) is 0.158. The normalized spacial score (nSPS) is 16.6. The van der Waals surface area contributed by atoms with Crippen molar-refractivity contribution < 1.29 is 23.5 Å². The molecule has 0 N–H and O–H groups in total. The largest absolute Gasteiger partial charge is 0.491 e. The average Bonchev–Trinajstić information content (AvgIpc) is 3.68. The van der Waals surface area contributed by atoms with Gasteiger partial charge in [0.25, 0.3) is 0 Å². The van der Waals surface area contributed by atoms with Crippen LogP contribution >= 0.6 is 0 Å². The zero-order valence-corrected chi connectivity index (χ0v) is 21.0. The zero-order chi connectivity index (χ0) is 26.1. The van der Waals surface area contributed by atoms with Crippen LogP contribution in [0.25, 0.3) is 33.4 Å². The molecule has 0 aliphatic carbocycles. The summed E-state index contributed by atoms with van der Waals surface area (Å²) in [5.74, 6) is 1.61. The highest BCUT2D eigenvalue weighted by Gasteiger charge is 2.43. The van der Waals surface area contributed by atoms with Gasteiger partial charge in [-0.3, -0.25) is 0 Å². The minimum atomic E-state index is -0.869. The van der Waals surface area contributed by atoms with Crippen molar-refractivity contribution >= 4 is 23.4 Å². The molecule has 1 atom stereocenters. The molecule has 8 nitrogen and oxygen atoms in total. The summed E-state index contributed by atoms with van der Waals surface area (Å²) in [5, 5.41) is 4.70. The Hall–Kier alpha value is -4.69. The first kappa shape index (κ1) is 23.7. The van der Waals surface area contributed by atoms with Gasteiger partial charge in [-0.15, -0.1) is 0 Å². The molecule has 6 rings (SSSR count). The number of aromatic nitrogens is 2. The van der Waals surface area contributed by atoms with Crippen molar-refractivity contribution in [1.82, 2.24) is 9.55 Å². The van der Waals surface area contributed by atoms with Gasteiger partial charge in [0.2, 0.25) is 5.89 Å². The molecule has 0 bridgehead atoms. The van der Waals surface area contributed by atoms with Gasteiger partial charge < -0.3 is 28.1 Å². The average molecular weight is 508 g/mol. The smallest absolute Gasteiger partial charge is 0.241 e. The molecule has 0 fully saturated rings. The van der Waals surface area contributed by atoms with Crippen molar-refractivity contribution in [3.05, 3.63) is 96.1 Å². The van der Waals surface area contributed by atoms with E-state index in [0.717, 1.165) is 45.0 Å². The highest BCUT2D eigenvalue weighted by molar-refractivity contribution is 6.06. The molecule has 0 saturated carbocycles. The van der Waals surface area contributed by atoms with Crippen LogP contribution in [0.4, 0.5) is 0 Å². The first-order chi connectivity index (χ1) is 18.7. The second-order valence-electron chi connectivity index (χ2n) is 9.04. The number of ether oxygens (including phenoxy) is 2. The molecule has 0 amide bonds. The van der Waals surface area contributed by atoms with Crippen LogP contribution < -0.4 is 4.74 Å². The van der Waals surface area contributed by atoms with E-state index in [1.54, 1.807) is 13.3 Å². The second-order valence-corrected chi connectivity index (χ2v) is 9.04. The van der Waals surface area contributed by atoms with Gasteiger partial charge in [-0.1, -0.05) is 65.8 Å². The van der Waals surface area contributed by atoms with E-state index in [2.05, 4.69) is 16.2 Å². The number of oxazole rings is 1. The predicted octanol–water partition coefficient (Wildman–Crippen LogP) is 5.42. The molecule has 3 heterocycles. The van der Waals surface area contributed by atoms with Crippen molar-refractivity contribution in [2.45, 2.75) is 12.1 Å². The van der Waals surface area contributed by atoms with Crippen molar-refractivity contribution in [2.75, 3.05) is 20.8 Å². The number of methoxy groups -OCH3 is 1. The summed E-state index contributed by atoms with van der Waals surface area (Å²) in [4.78, 5) is 21.7. The number of benzene rings is 3. The summed E-state index contributed by atoms with van der Waals surface area (Å²) in [7, 11) is 3.12. The molecule has 190 valence electrons. The number of fused-ring (bicyclic) bond motifs is 2. The molecule has 8 heteroatoms. The Morgan fingerprint density at radius 1 is 1.03 bits per heavy atom. The number of aldehydes is 1. The van der Waals surface area contributed by atoms with Crippen LogP contribution in [0.3, 0.4) is 0 Å². The summed E-state index contributed by atoms with van der Waals surface area (Å²) < 4.78 is 19.8. The van der Waals surface area contributed by atoms with Gasteiger partial charge in [-0.05, 0) is 17.2 Å². The molecule has 3 aromatic carbocycles. The van der Waals surface area contributed by atoms with Crippen LogP contribution in [0.15, 0.2) is 88.7 Å². The number of carbonyl (C=O) groups is 1. The van der Waals surface area contributed by atoms with Crippen LogP contribution in [0.1, 0.15) is 17.0 Å². The lowest BCUT2D eigenvalue weighted by Crippen LogP contribution is -2.31. The topological polar surface area (TPSA) is 88.1 Å². The molecule has 1 aliphatic heterocycles. The second kappa shape index (κ2) is 9.64. The van der Waals surface area contributed by atoms with E-state index in [9.17, 15) is 4.79 Å². The Labute approximate surface area is 219 Å². The Bertz CT molecular complexity index is 1650. The van der Waals surface area contributed by atoms with Gasteiger partial charge in [0.05, 0.1) is 11.7 Å². The van der Waals surface area contributed by atoms with Crippen LogP contribution in [0.5, 0.6) is 5.75 Å². The first-order valence-corrected chi connectivity index (χ1v) is 12.1. The molecule has 0 spiro atoms. The standard InChI is InChI=1S/C30H25N3O5/c1-35-19-33-16-23(26-14-31-27(38-26)15-32-36-2)28-21(10-7-13-25(28)33)22-11-6-12-24-29(22)37-18-30(24,17-34)20-8-4-3-5-9-20/h3-17H,18-19H2,1-2H3/b32-15+. The number of rotatable bonds is 8. The van der Waals surface area contributed by atoms with Gasteiger partial charge >= 0.3 is 0 Å². The van der Waals surface area contributed by atoms with Crippen molar-refractivity contribution in [3.63, 3.8) is 0 Å². The van der Waals surface area contributed by atoms with E-state index in [1.807, 2.05) is 71.4 Å². The summed E-state index contributed by atoms with van der Waals surface area (Å²) in [6.45, 7) is 0.600. The maximum Gasteiger partial charge on any atom is 0.241 e. The number of hydrogen-bond acceptors (Lipinski definition) is 7. The fraction of sp³-hybridized carbons (Fsp3) is 0.167. The third-order valence-electron chi connectivity index (χ3n) is 6.95. The van der Waals surface area contributed by atoms with Gasteiger partial charge in [0, 0.05) is 35.4 Å². The molecule has 2 aromatic heterocycles. The van der Waals surface area contributed by atoms with Crippen LogP contribution in [-0.2, 0) is 26.5 Å². The van der Waals surface area contributed by atoms with Crippen LogP contribution in [0, 0.1) is 0 Å². The van der Waals surface area contributed by atoms with E-state index < -0.39 is 5.41 Å². The Balaban J connectivity index is 1.57. The number of oxime groups is 1. The Kier molecular flexibility index (Phi) is 6.01. The van der Waals surface area contributed by atoms with Crippen molar-refractivity contribution in [2.24, 2.45) is 5.16 Å². The first-order valence-electron chi connectivity index (χ1n) is 12.1. The van der Waals surface area contributed by atoms with E-state index in [1.165, 1.54) is 13.3 Å². The number of para-hydroxylation sites is 1. The lowest BCUT2D eigenvalue weighted by atomic mass is 9.76. The lowest BCUT2D eigenvalue weighted by molar-refractivity contribution is -0.111. The minimum absolute atomic E-state index is 0.241. The maximum absolute atomic E-state index is 12.6. The molecule has 5 aromatic rings. The van der Waals surface area contributed by atoms with E-state index in [4.69, 9.17) is 18.7 Å². The summed E-state index contributed by atoms with van der Waals surface area (Å²) in [6.07, 6.45) is 6.06. The number of hydrogen-bond donors (Lipinski definition) is 0. The molecular formula is C30H25N3O5. The highest BCUT2D eigenvalue weighted by Crippen LogP contribution is 2.49. The Morgan fingerprint density at radius 3 is 2.63 bits per heavy atom. The van der Waals surface area contributed by atoms with E-state index >= 15 is 0 Å². The fourth-order valence-corrected chi connectivity index (χ4v) is 5.24. The number of carbonyl (C=O) groups excluding carboxylic acids is 1. The summed E-state index contributed by atoms with van der Waals surface area (Å²) >= 11 is 0. The van der Waals surface area contributed by atoms with Gasteiger partial charge in [0.15, 0.2) is 5.76 Å². The van der Waals surface area contributed by atoms with Gasteiger partial charge in [-0.2, -0.15) is 0 Å². The minimum Gasteiger partial charge on any atom is -0.491 e. The molecule has 0 saturated heterocycles. The maximum atomic E-state index is 12.6. The molecular weight excluding hydrogens is 482 g/mol. The fourth-order valence-electron chi connectivity index (χ4n) is 5.24. The van der Waals surface area contributed by atoms with E-state index in [0.29, 0.717) is 24.1 Å². The summed E-state index contributed by atoms with van der Waals surface area (Å²) in [5.41, 5.74) is 4.53. The molecule has 38 heavy (non-hydrogen) atoms. The SMILES string of the molecule is COCn1cc(-c2cnc(/C=N/OC)o2)c2c(-c3cccc4c3OCC4(C=O)c3ccccc3)cccc21. The third kappa shape index (κ3) is 3.69. The number of nitrogens with zero attached hydrogens (tertiary/aromatic N) is 3. The monoisotopic (exact) mass is 507 g/mol. The van der Waals surface area contributed by atoms with Crippen LogP contribution in [-0.4, -0.2) is 42.9 Å². The molecule has 0 radical (unpaired) electrons. The van der Waals surface area contributed by atoms with Gasteiger partial charge in [-0.25, -0.2) is 4.98 Å². The highest BCUT2D eigenvalue weighted by atomic mass is 16.6. The zero-order valence-electron chi connectivity index (χ0n) is 21.0.